The van der Waals surface area contributed by atoms with Crippen molar-refractivity contribution in [2.24, 2.45) is 17.3 Å². The summed E-state index contributed by atoms with van der Waals surface area (Å²) in [4.78, 5) is 25.8. The number of rotatable bonds is 4. The lowest BCUT2D eigenvalue weighted by Crippen LogP contribution is -2.55. The molecule has 1 aliphatic heterocycles. The number of carboxylic acids is 1. The Bertz CT molecular complexity index is 424. The van der Waals surface area contributed by atoms with Crippen molar-refractivity contribution in [1.29, 1.82) is 0 Å². The molecule has 5 heteroatoms. The summed E-state index contributed by atoms with van der Waals surface area (Å²) in [6, 6.07) is 0.0954. The Labute approximate surface area is 139 Å². The van der Waals surface area contributed by atoms with Crippen LogP contribution in [0.1, 0.15) is 59.3 Å². The molecule has 2 rings (SSSR count). The first-order valence-electron chi connectivity index (χ1n) is 9.03. The molecule has 2 unspecified atom stereocenters. The minimum atomic E-state index is -0.791. The van der Waals surface area contributed by atoms with Crippen LogP contribution in [0.2, 0.25) is 0 Å². The van der Waals surface area contributed by atoms with Crippen molar-refractivity contribution in [2.75, 3.05) is 19.6 Å². The van der Waals surface area contributed by atoms with E-state index in [1.54, 1.807) is 4.90 Å². The summed E-state index contributed by atoms with van der Waals surface area (Å²) in [6.07, 6.45) is 7.12. The van der Waals surface area contributed by atoms with Crippen molar-refractivity contribution >= 4 is 11.9 Å². The highest BCUT2D eigenvalue weighted by Crippen LogP contribution is 2.26. The zero-order valence-corrected chi connectivity index (χ0v) is 14.8. The van der Waals surface area contributed by atoms with Crippen LogP contribution < -0.4 is 5.32 Å². The van der Waals surface area contributed by atoms with Crippen LogP contribution in [-0.2, 0) is 9.59 Å². The first kappa shape index (κ1) is 18.2. The Morgan fingerprint density at radius 3 is 2.35 bits per heavy atom. The number of nitrogens with zero attached hydrogens (tertiary/aromatic N) is 1. The number of carbonyl (C=O) groups is 2. The van der Waals surface area contributed by atoms with Gasteiger partial charge in [-0.25, -0.2) is 0 Å². The van der Waals surface area contributed by atoms with Gasteiger partial charge < -0.3 is 15.3 Å². The molecule has 0 spiro atoms. The topological polar surface area (TPSA) is 69.6 Å². The second-order valence-corrected chi connectivity index (χ2v) is 8.34. The summed E-state index contributed by atoms with van der Waals surface area (Å²) < 4.78 is 0. The lowest BCUT2D eigenvalue weighted by molar-refractivity contribution is -0.149. The van der Waals surface area contributed by atoms with Gasteiger partial charge in [-0.15, -0.1) is 0 Å². The largest absolute Gasteiger partial charge is 0.481 e. The van der Waals surface area contributed by atoms with Crippen molar-refractivity contribution in [3.8, 4) is 0 Å². The molecular weight excluding hydrogens is 292 g/mol. The number of piperidine rings is 1. The molecule has 0 aromatic rings. The third-order valence-corrected chi connectivity index (χ3v) is 5.15. The number of amides is 1. The van der Waals surface area contributed by atoms with E-state index < -0.39 is 17.3 Å². The second-order valence-electron chi connectivity index (χ2n) is 8.34. The predicted octanol–water partition coefficient (Wildman–Crippen LogP) is 2.50. The van der Waals surface area contributed by atoms with Crippen molar-refractivity contribution < 1.29 is 14.7 Å². The Kier molecular flexibility index (Phi) is 6.06. The molecule has 0 aromatic carbocycles. The lowest BCUT2D eigenvalue weighted by Gasteiger charge is -2.40. The van der Waals surface area contributed by atoms with Gasteiger partial charge in [0.15, 0.2) is 0 Å². The van der Waals surface area contributed by atoms with Gasteiger partial charge in [0.1, 0.15) is 0 Å². The summed E-state index contributed by atoms with van der Waals surface area (Å²) in [6.45, 7) is 7.60. The zero-order valence-electron chi connectivity index (χ0n) is 14.8. The molecule has 23 heavy (non-hydrogen) atoms. The van der Waals surface area contributed by atoms with Gasteiger partial charge in [0.2, 0.25) is 5.91 Å². The Balaban J connectivity index is 1.94. The number of hydrogen-bond acceptors (Lipinski definition) is 3. The predicted molar refractivity (Wildman–Crippen MR) is 90.1 cm³/mol. The molecule has 2 aliphatic rings. The van der Waals surface area contributed by atoms with Gasteiger partial charge in [0.05, 0.1) is 5.92 Å². The van der Waals surface area contributed by atoms with Crippen molar-refractivity contribution in [2.45, 2.75) is 65.3 Å². The number of aliphatic carboxylic acids is 1. The van der Waals surface area contributed by atoms with Gasteiger partial charge in [-0.2, -0.15) is 0 Å². The summed E-state index contributed by atoms with van der Waals surface area (Å²) in [5, 5.41) is 13.0. The fourth-order valence-corrected chi connectivity index (χ4v) is 3.79. The minimum Gasteiger partial charge on any atom is -0.481 e. The molecule has 0 aromatic heterocycles. The molecule has 1 aliphatic carbocycles. The van der Waals surface area contributed by atoms with Gasteiger partial charge in [-0.05, 0) is 31.7 Å². The Morgan fingerprint density at radius 2 is 1.78 bits per heavy atom. The monoisotopic (exact) mass is 324 g/mol. The van der Waals surface area contributed by atoms with Crippen LogP contribution in [-0.4, -0.2) is 47.6 Å². The van der Waals surface area contributed by atoms with Crippen LogP contribution in [0.25, 0.3) is 0 Å². The van der Waals surface area contributed by atoms with Crippen molar-refractivity contribution in [3.63, 3.8) is 0 Å². The molecule has 0 radical (unpaired) electrons. The van der Waals surface area contributed by atoms with E-state index in [0.29, 0.717) is 25.4 Å². The van der Waals surface area contributed by atoms with E-state index in [2.05, 4.69) is 5.32 Å². The maximum Gasteiger partial charge on any atom is 0.308 e. The summed E-state index contributed by atoms with van der Waals surface area (Å²) in [5.74, 6) is -0.492. The molecule has 1 heterocycles. The van der Waals surface area contributed by atoms with E-state index in [9.17, 15) is 14.7 Å². The number of carboxylic acid groups (broad SMARTS) is 1. The first-order chi connectivity index (χ1) is 10.8. The highest BCUT2D eigenvalue weighted by molar-refractivity contribution is 5.82. The van der Waals surface area contributed by atoms with Crippen LogP contribution in [0.5, 0.6) is 0 Å². The third-order valence-electron chi connectivity index (χ3n) is 5.15. The fraction of sp³-hybridized carbons (Fsp3) is 0.889. The highest BCUT2D eigenvalue weighted by Gasteiger charge is 2.37. The average Bonchev–Trinajstić information content (AvgIpc) is 2.52. The molecule has 2 fully saturated rings. The van der Waals surface area contributed by atoms with Crippen LogP contribution in [0, 0.1) is 17.3 Å². The average molecular weight is 324 g/mol. The van der Waals surface area contributed by atoms with Crippen LogP contribution in [0.3, 0.4) is 0 Å². The SMILES string of the molecule is CC(C)(C)C(=O)N1CC(NCC2CCCCC2)CC(C(=O)O)C1. The van der Waals surface area contributed by atoms with Crippen LogP contribution in [0.15, 0.2) is 0 Å². The number of nitrogens with one attached hydrogen (secondary N) is 1. The van der Waals surface area contributed by atoms with Crippen LogP contribution >= 0.6 is 0 Å². The molecule has 0 bridgehead atoms. The number of hydrogen-bond donors (Lipinski definition) is 2. The van der Waals surface area contributed by atoms with Gasteiger partial charge in [0.25, 0.3) is 0 Å². The molecule has 1 saturated heterocycles. The van der Waals surface area contributed by atoms with E-state index in [1.807, 2.05) is 20.8 Å². The third kappa shape index (κ3) is 5.20. The standard InChI is InChI=1S/C18H32N2O3/c1-18(2,3)17(23)20-11-14(16(21)22)9-15(12-20)19-10-13-7-5-4-6-8-13/h13-15,19H,4-12H2,1-3H3,(H,21,22). The lowest BCUT2D eigenvalue weighted by atomic mass is 9.87. The quantitative estimate of drug-likeness (QED) is 0.833. The van der Waals surface area contributed by atoms with E-state index in [1.165, 1.54) is 32.1 Å². The van der Waals surface area contributed by atoms with Crippen molar-refractivity contribution in [3.05, 3.63) is 0 Å². The van der Waals surface area contributed by atoms with Crippen LogP contribution in [0.4, 0.5) is 0 Å². The minimum absolute atomic E-state index is 0.0490. The Morgan fingerprint density at radius 1 is 1.13 bits per heavy atom. The van der Waals surface area contributed by atoms with E-state index in [0.717, 1.165) is 6.54 Å². The summed E-state index contributed by atoms with van der Waals surface area (Å²) in [7, 11) is 0. The fourth-order valence-electron chi connectivity index (χ4n) is 3.79. The molecule has 1 saturated carbocycles. The Hall–Kier alpha value is -1.10. The number of carbonyl (C=O) groups excluding carboxylic acids is 1. The van der Waals surface area contributed by atoms with Gasteiger partial charge >= 0.3 is 5.97 Å². The van der Waals surface area contributed by atoms with Gasteiger partial charge in [0, 0.05) is 24.5 Å². The molecule has 5 nitrogen and oxygen atoms in total. The number of likely N-dealkylation sites (tertiary alicyclic amines) is 1. The normalized spacial score (nSPS) is 27.0. The van der Waals surface area contributed by atoms with E-state index in [4.69, 9.17) is 0 Å². The van der Waals surface area contributed by atoms with Gasteiger partial charge in [-0.3, -0.25) is 9.59 Å². The maximum absolute atomic E-state index is 12.5. The highest BCUT2D eigenvalue weighted by atomic mass is 16.4. The molecule has 2 atom stereocenters. The second kappa shape index (κ2) is 7.65. The molecular formula is C18H32N2O3. The summed E-state index contributed by atoms with van der Waals surface area (Å²) >= 11 is 0. The van der Waals surface area contributed by atoms with E-state index in [-0.39, 0.29) is 11.9 Å². The zero-order chi connectivity index (χ0) is 17.0. The van der Waals surface area contributed by atoms with Crippen molar-refractivity contribution in [1.82, 2.24) is 10.2 Å². The smallest absolute Gasteiger partial charge is 0.308 e. The maximum atomic E-state index is 12.5. The van der Waals surface area contributed by atoms with E-state index >= 15 is 0 Å². The molecule has 132 valence electrons. The molecule has 1 amide bonds. The molecule has 2 N–H and O–H groups in total. The first-order valence-corrected chi connectivity index (χ1v) is 9.03. The summed E-state index contributed by atoms with van der Waals surface area (Å²) in [5.41, 5.74) is -0.464. The van der Waals surface area contributed by atoms with Gasteiger partial charge in [-0.1, -0.05) is 40.0 Å².